The number of anilines is 2. The van der Waals surface area contributed by atoms with Crippen LogP contribution in [0.3, 0.4) is 0 Å². The number of benzene rings is 2. The summed E-state index contributed by atoms with van der Waals surface area (Å²) in [5.41, 5.74) is 5.21. The normalized spacial score (nSPS) is 11.6. The molecular formula is C19H19N3O3. The first kappa shape index (κ1) is 15.4. The Hall–Kier alpha value is -3.15. The van der Waals surface area contributed by atoms with Crippen molar-refractivity contribution in [1.82, 2.24) is 10.2 Å². The predicted molar refractivity (Wildman–Crippen MR) is 96.2 cm³/mol. The van der Waals surface area contributed by atoms with Gasteiger partial charge in [-0.25, -0.2) is 0 Å². The maximum absolute atomic E-state index is 5.49. The van der Waals surface area contributed by atoms with Crippen molar-refractivity contribution in [2.45, 2.75) is 6.42 Å². The number of aromatic nitrogens is 2. The molecule has 0 saturated heterocycles. The standard InChI is InChI=1S/C19H19N3O3/c1-23-11-7-8-15(17(9-11)25-3)20-19-14-10-13-12(18(14)21-22-19)5-4-6-16(13)24-2/h4-9H,10H2,1-3H3,(H2,20,21,22). The van der Waals surface area contributed by atoms with Gasteiger partial charge in [0.05, 0.1) is 32.7 Å². The van der Waals surface area contributed by atoms with E-state index >= 15 is 0 Å². The summed E-state index contributed by atoms with van der Waals surface area (Å²) in [6.45, 7) is 0. The number of aromatic amines is 1. The number of methoxy groups -OCH3 is 3. The monoisotopic (exact) mass is 337 g/mol. The molecule has 6 heteroatoms. The molecule has 0 radical (unpaired) electrons. The van der Waals surface area contributed by atoms with E-state index in [2.05, 4.69) is 21.6 Å². The summed E-state index contributed by atoms with van der Waals surface area (Å²) in [6, 6.07) is 11.7. The van der Waals surface area contributed by atoms with Crippen molar-refractivity contribution in [2.75, 3.05) is 26.6 Å². The van der Waals surface area contributed by atoms with Gasteiger partial charge in [0, 0.05) is 29.2 Å². The van der Waals surface area contributed by atoms with Crippen LogP contribution in [0.2, 0.25) is 0 Å². The van der Waals surface area contributed by atoms with Gasteiger partial charge in [0.2, 0.25) is 0 Å². The molecule has 6 nitrogen and oxygen atoms in total. The molecule has 0 aliphatic heterocycles. The lowest BCUT2D eigenvalue weighted by molar-refractivity contribution is 0.395. The van der Waals surface area contributed by atoms with E-state index in [9.17, 15) is 0 Å². The summed E-state index contributed by atoms with van der Waals surface area (Å²) in [6.07, 6.45) is 0.770. The second kappa shape index (κ2) is 6.05. The van der Waals surface area contributed by atoms with Crippen LogP contribution in [-0.4, -0.2) is 31.5 Å². The molecule has 0 amide bonds. The molecule has 1 aromatic heterocycles. The van der Waals surface area contributed by atoms with Gasteiger partial charge in [0.1, 0.15) is 23.1 Å². The van der Waals surface area contributed by atoms with Crippen molar-refractivity contribution in [3.05, 3.63) is 47.5 Å². The Morgan fingerprint density at radius 1 is 0.960 bits per heavy atom. The molecule has 0 unspecified atom stereocenters. The van der Waals surface area contributed by atoms with Gasteiger partial charge < -0.3 is 19.5 Å². The van der Waals surface area contributed by atoms with Gasteiger partial charge in [-0.3, -0.25) is 5.10 Å². The lowest BCUT2D eigenvalue weighted by atomic mass is 10.1. The third-order valence-electron chi connectivity index (χ3n) is 4.50. The van der Waals surface area contributed by atoms with Gasteiger partial charge in [-0.1, -0.05) is 12.1 Å². The van der Waals surface area contributed by atoms with E-state index in [0.717, 1.165) is 46.2 Å². The van der Waals surface area contributed by atoms with Crippen LogP contribution in [0.4, 0.5) is 11.5 Å². The molecule has 0 spiro atoms. The number of H-pyrrole nitrogens is 1. The molecule has 0 atom stereocenters. The van der Waals surface area contributed by atoms with Crippen molar-refractivity contribution >= 4 is 11.5 Å². The summed E-state index contributed by atoms with van der Waals surface area (Å²) < 4.78 is 16.2. The Morgan fingerprint density at radius 3 is 2.56 bits per heavy atom. The summed E-state index contributed by atoms with van der Waals surface area (Å²) in [5.74, 6) is 3.20. The summed E-state index contributed by atoms with van der Waals surface area (Å²) in [4.78, 5) is 0. The third kappa shape index (κ3) is 2.46. The van der Waals surface area contributed by atoms with Gasteiger partial charge in [0.15, 0.2) is 0 Å². The Bertz CT molecular complexity index is 934. The van der Waals surface area contributed by atoms with Crippen molar-refractivity contribution in [2.24, 2.45) is 0 Å². The van der Waals surface area contributed by atoms with E-state index in [1.807, 2.05) is 30.3 Å². The maximum Gasteiger partial charge on any atom is 0.146 e. The highest BCUT2D eigenvalue weighted by atomic mass is 16.5. The highest BCUT2D eigenvalue weighted by Gasteiger charge is 2.27. The number of nitrogens with zero attached hydrogens (tertiary/aromatic N) is 1. The molecule has 1 aliphatic carbocycles. The minimum atomic E-state index is 0.704. The summed E-state index contributed by atoms with van der Waals surface area (Å²) in [5, 5.41) is 11.0. The molecule has 0 saturated carbocycles. The van der Waals surface area contributed by atoms with Crippen LogP contribution in [0.25, 0.3) is 11.3 Å². The van der Waals surface area contributed by atoms with Crippen molar-refractivity contribution < 1.29 is 14.2 Å². The molecule has 128 valence electrons. The first-order valence-electron chi connectivity index (χ1n) is 7.97. The first-order chi connectivity index (χ1) is 12.2. The van der Waals surface area contributed by atoms with Crippen LogP contribution in [0.15, 0.2) is 36.4 Å². The van der Waals surface area contributed by atoms with Crippen LogP contribution in [-0.2, 0) is 6.42 Å². The van der Waals surface area contributed by atoms with Gasteiger partial charge in [-0.15, -0.1) is 0 Å². The zero-order valence-corrected chi connectivity index (χ0v) is 14.3. The fourth-order valence-electron chi connectivity index (χ4n) is 3.24. The zero-order valence-electron chi connectivity index (χ0n) is 14.3. The van der Waals surface area contributed by atoms with Crippen LogP contribution < -0.4 is 19.5 Å². The smallest absolute Gasteiger partial charge is 0.146 e. The van der Waals surface area contributed by atoms with Gasteiger partial charge in [-0.05, 0) is 18.2 Å². The Labute approximate surface area is 145 Å². The second-order valence-corrected chi connectivity index (χ2v) is 5.78. The summed E-state index contributed by atoms with van der Waals surface area (Å²) in [7, 11) is 4.96. The highest BCUT2D eigenvalue weighted by molar-refractivity contribution is 5.82. The van der Waals surface area contributed by atoms with Gasteiger partial charge in [0.25, 0.3) is 0 Å². The Balaban J connectivity index is 1.69. The minimum absolute atomic E-state index is 0.704. The second-order valence-electron chi connectivity index (χ2n) is 5.78. The molecule has 0 fully saturated rings. The van der Waals surface area contributed by atoms with Crippen LogP contribution >= 0.6 is 0 Å². The largest absolute Gasteiger partial charge is 0.497 e. The Kier molecular flexibility index (Phi) is 3.72. The fraction of sp³-hybridized carbons (Fsp3) is 0.211. The highest BCUT2D eigenvalue weighted by Crippen LogP contribution is 2.43. The van der Waals surface area contributed by atoms with Crippen molar-refractivity contribution in [3.8, 4) is 28.5 Å². The number of ether oxygens (including phenoxy) is 3. The molecular weight excluding hydrogens is 318 g/mol. The molecule has 1 heterocycles. The van der Waals surface area contributed by atoms with Gasteiger partial charge >= 0.3 is 0 Å². The van der Waals surface area contributed by atoms with E-state index in [-0.39, 0.29) is 0 Å². The topological polar surface area (TPSA) is 68.4 Å². The summed E-state index contributed by atoms with van der Waals surface area (Å²) >= 11 is 0. The van der Waals surface area contributed by atoms with E-state index in [1.165, 1.54) is 5.56 Å². The molecule has 3 aromatic rings. The van der Waals surface area contributed by atoms with Crippen molar-refractivity contribution in [3.63, 3.8) is 0 Å². The van der Waals surface area contributed by atoms with Crippen LogP contribution in [0, 0.1) is 0 Å². The molecule has 2 aromatic carbocycles. The van der Waals surface area contributed by atoms with Crippen LogP contribution in [0.5, 0.6) is 17.2 Å². The molecule has 4 rings (SSSR count). The molecule has 0 bridgehead atoms. The average molecular weight is 337 g/mol. The quantitative estimate of drug-likeness (QED) is 0.580. The van der Waals surface area contributed by atoms with E-state index < -0.39 is 0 Å². The average Bonchev–Trinajstić information content (AvgIpc) is 3.21. The van der Waals surface area contributed by atoms with Crippen LogP contribution in [0.1, 0.15) is 11.1 Å². The van der Waals surface area contributed by atoms with Gasteiger partial charge in [-0.2, -0.15) is 5.10 Å². The van der Waals surface area contributed by atoms with E-state index in [4.69, 9.17) is 14.2 Å². The fourth-order valence-corrected chi connectivity index (χ4v) is 3.24. The van der Waals surface area contributed by atoms with E-state index in [1.54, 1.807) is 21.3 Å². The number of fused-ring (bicyclic) bond motifs is 3. The molecule has 1 aliphatic rings. The molecule has 25 heavy (non-hydrogen) atoms. The third-order valence-corrected chi connectivity index (χ3v) is 4.50. The number of hydrogen-bond acceptors (Lipinski definition) is 5. The SMILES string of the molecule is COc1ccc(Nc2[nH]nc3c2Cc2c(OC)cccc2-3)c(OC)c1. The predicted octanol–water partition coefficient (Wildman–Crippen LogP) is 3.75. The Morgan fingerprint density at radius 2 is 1.80 bits per heavy atom. The van der Waals surface area contributed by atoms with Crippen molar-refractivity contribution in [1.29, 1.82) is 0 Å². The first-order valence-corrected chi connectivity index (χ1v) is 7.97. The maximum atomic E-state index is 5.49. The lowest BCUT2D eigenvalue weighted by Gasteiger charge is -2.12. The zero-order chi connectivity index (χ0) is 17.4. The van der Waals surface area contributed by atoms with E-state index in [0.29, 0.717) is 5.75 Å². The lowest BCUT2D eigenvalue weighted by Crippen LogP contribution is -1.98. The minimum Gasteiger partial charge on any atom is -0.497 e. The number of nitrogens with one attached hydrogen (secondary N) is 2. The number of hydrogen-bond donors (Lipinski definition) is 2. The molecule has 2 N–H and O–H groups in total. The number of rotatable bonds is 5.